The van der Waals surface area contributed by atoms with E-state index in [0.29, 0.717) is 5.56 Å². The highest BCUT2D eigenvalue weighted by Gasteiger charge is 2.38. The van der Waals surface area contributed by atoms with E-state index in [9.17, 15) is 29.4 Å². The van der Waals surface area contributed by atoms with Crippen molar-refractivity contribution in [1.82, 2.24) is 15.5 Å². The van der Waals surface area contributed by atoms with E-state index in [1.807, 2.05) is 0 Å². The minimum atomic E-state index is -1.36. The maximum absolute atomic E-state index is 13.8. The van der Waals surface area contributed by atoms with Crippen LogP contribution in [0, 0.1) is 12.8 Å². The fourth-order valence-corrected chi connectivity index (χ4v) is 3.57. The predicted molar refractivity (Wildman–Crippen MR) is 137 cm³/mol. The number of hydrogen-bond acceptors (Lipinski definition) is 8. The van der Waals surface area contributed by atoms with E-state index in [0.717, 1.165) is 4.90 Å². The van der Waals surface area contributed by atoms with Crippen LogP contribution in [-0.2, 0) is 23.9 Å². The SMILES string of the molecule is CCOC(=O)CCNC(=O)C(c1cccc(C)c1O)N(CCO)C(=O)C(NC(=O)OC(C)(C)C)C(C)C. The van der Waals surface area contributed by atoms with Crippen LogP contribution in [0.2, 0.25) is 0 Å². The zero-order valence-electron chi connectivity index (χ0n) is 22.8. The van der Waals surface area contributed by atoms with Crippen LogP contribution in [0.1, 0.15) is 65.1 Å². The number of amides is 3. The minimum absolute atomic E-state index is 0.0638. The molecule has 0 heterocycles. The number of esters is 1. The number of benzene rings is 1. The van der Waals surface area contributed by atoms with Gasteiger partial charge < -0.3 is 35.2 Å². The van der Waals surface area contributed by atoms with Gasteiger partial charge in [0.25, 0.3) is 0 Å². The first kappa shape index (κ1) is 31.7. The van der Waals surface area contributed by atoms with Crippen LogP contribution in [0.25, 0.3) is 0 Å². The number of rotatable bonds is 12. The van der Waals surface area contributed by atoms with Crippen LogP contribution in [-0.4, -0.2) is 76.9 Å². The number of hydrogen-bond donors (Lipinski definition) is 4. The molecule has 2 unspecified atom stereocenters. The van der Waals surface area contributed by atoms with E-state index in [-0.39, 0.29) is 37.4 Å². The highest BCUT2D eigenvalue weighted by atomic mass is 16.6. The number of nitrogens with one attached hydrogen (secondary N) is 2. The van der Waals surface area contributed by atoms with Gasteiger partial charge in [0.1, 0.15) is 23.4 Å². The molecule has 0 spiro atoms. The van der Waals surface area contributed by atoms with Gasteiger partial charge in [-0.25, -0.2) is 4.79 Å². The Labute approximate surface area is 218 Å². The Morgan fingerprint density at radius 3 is 2.32 bits per heavy atom. The lowest BCUT2D eigenvalue weighted by Crippen LogP contribution is -2.55. The van der Waals surface area contributed by atoms with Crippen LogP contribution in [0.3, 0.4) is 0 Å². The van der Waals surface area contributed by atoms with Gasteiger partial charge in [-0.05, 0) is 46.1 Å². The average Bonchev–Trinajstić information content (AvgIpc) is 2.78. The first-order valence-electron chi connectivity index (χ1n) is 12.4. The molecular formula is C26H41N3O8. The fourth-order valence-electron chi connectivity index (χ4n) is 3.57. The highest BCUT2D eigenvalue weighted by Crippen LogP contribution is 2.32. The molecule has 0 aliphatic rings. The van der Waals surface area contributed by atoms with Crippen molar-refractivity contribution in [1.29, 1.82) is 0 Å². The number of aryl methyl sites for hydroxylation is 1. The van der Waals surface area contributed by atoms with Crippen molar-refractivity contribution in [3.8, 4) is 5.75 Å². The third-order valence-corrected chi connectivity index (χ3v) is 5.29. The van der Waals surface area contributed by atoms with E-state index in [1.54, 1.807) is 60.6 Å². The normalized spacial score (nSPS) is 12.9. The second-order valence-corrected chi connectivity index (χ2v) is 9.88. The van der Waals surface area contributed by atoms with Gasteiger partial charge in [-0.15, -0.1) is 0 Å². The zero-order chi connectivity index (χ0) is 28.3. The number of nitrogens with zero attached hydrogens (tertiary/aromatic N) is 1. The summed E-state index contributed by atoms with van der Waals surface area (Å²) >= 11 is 0. The second-order valence-electron chi connectivity index (χ2n) is 9.88. The third kappa shape index (κ3) is 9.91. The fraction of sp³-hybridized carbons (Fsp3) is 0.615. The molecule has 1 aromatic carbocycles. The van der Waals surface area contributed by atoms with Crippen LogP contribution < -0.4 is 10.6 Å². The van der Waals surface area contributed by atoms with E-state index in [4.69, 9.17) is 9.47 Å². The van der Waals surface area contributed by atoms with Crippen LogP contribution >= 0.6 is 0 Å². The summed E-state index contributed by atoms with van der Waals surface area (Å²) in [6, 6.07) is 2.32. The Morgan fingerprint density at radius 2 is 1.78 bits per heavy atom. The number of aliphatic hydroxyl groups is 1. The molecule has 0 fully saturated rings. The van der Waals surface area contributed by atoms with Gasteiger partial charge in [-0.3, -0.25) is 14.4 Å². The van der Waals surface area contributed by atoms with Gasteiger partial charge in [0.05, 0.1) is 19.6 Å². The Hall–Kier alpha value is -3.34. The van der Waals surface area contributed by atoms with Crippen molar-refractivity contribution in [2.45, 2.75) is 72.6 Å². The summed E-state index contributed by atoms with van der Waals surface area (Å²) in [6.07, 6.45) is -0.896. The van der Waals surface area contributed by atoms with Crippen molar-refractivity contribution < 1.29 is 38.9 Å². The maximum Gasteiger partial charge on any atom is 0.408 e. The van der Waals surface area contributed by atoms with Gasteiger partial charge >= 0.3 is 12.1 Å². The monoisotopic (exact) mass is 523 g/mol. The third-order valence-electron chi connectivity index (χ3n) is 5.29. The number of alkyl carbamates (subject to hydrolysis) is 1. The molecule has 208 valence electrons. The maximum atomic E-state index is 13.8. The Bertz CT molecular complexity index is 942. The number of carbonyl (C=O) groups excluding carboxylic acids is 4. The van der Waals surface area contributed by atoms with Gasteiger partial charge in [-0.1, -0.05) is 32.0 Å². The van der Waals surface area contributed by atoms with E-state index < -0.39 is 54.1 Å². The van der Waals surface area contributed by atoms with Crippen molar-refractivity contribution in [2.24, 2.45) is 5.92 Å². The molecule has 0 bridgehead atoms. The van der Waals surface area contributed by atoms with Crippen LogP contribution in [0.5, 0.6) is 5.75 Å². The smallest absolute Gasteiger partial charge is 0.408 e. The van der Waals surface area contributed by atoms with Gasteiger partial charge in [0, 0.05) is 18.7 Å². The number of para-hydroxylation sites is 1. The molecule has 0 aromatic heterocycles. The lowest BCUT2D eigenvalue weighted by atomic mass is 9.97. The number of aromatic hydroxyl groups is 1. The van der Waals surface area contributed by atoms with Crippen molar-refractivity contribution >= 4 is 23.9 Å². The molecule has 11 nitrogen and oxygen atoms in total. The lowest BCUT2D eigenvalue weighted by molar-refractivity contribution is -0.145. The van der Waals surface area contributed by atoms with Crippen molar-refractivity contribution in [2.75, 3.05) is 26.3 Å². The number of ether oxygens (including phenoxy) is 2. The van der Waals surface area contributed by atoms with E-state index in [1.165, 1.54) is 6.07 Å². The predicted octanol–water partition coefficient (Wildman–Crippen LogP) is 2.18. The molecule has 37 heavy (non-hydrogen) atoms. The molecule has 0 aliphatic carbocycles. The minimum Gasteiger partial charge on any atom is -0.507 e. The Balaban J connectivity index is 3.40. The summed E-state index contributed by atoms with van der Waals surface area (Å²) in [4.78, 5) is 52.5. The summed E-state index contributed by atoms with van der Waals surface area (Å²) in [5, 5.41) is 25.7. The van der Waals surface area contributed by atoms with Crippen LogP contribution in [0.15, 0.2) is 18.2 Å². The summed E-state index contributed by atoms with van der Waals surface area (Å²) in [5.74, 6) is -2.42. The number of carbonyl (C=O) groups is 4. The van der Waals surface area contributed by atoms with Gasteiger partial charge in [0.2, 0.25) is 11.8 Å². The topological polar surface area (TPSA) is 154 Å². The van der Waals surface area contributed by atoms with Crippen molar-refractivity contribution in [3.05, 3.63) is 29.3 Å². The van der Waals surface area contributed by atoms with Crippen molar-refractivity contribution in [3.63, 3.8) is 0 Å². The highest BCUT2D eigenvalue weighted by molar-refractivity contribution is 5.93. The number of phenols is 1. The molecule has 1 rings (SSSR count). The van der Waals surface area contributed by atoms with Gasteiger partial charge in [0.15, 0.2) is 0 Å². The second kappa shape index (κ2) is 14.4. The Morgan fingerprint density at radius 1 is 1.14 bits per heavy atom. The molecule has 2 atom stereocenters. The molecule has 0 radical (unpaired) electrons. The van der Waals surface area contributed by atoms with E-state index >= 15 is 0 Å². The largest absolute Gasteiger partial charge is 0.507 e. The molecule has 1 aromatic rings. The number of phenolic OH excluding ortho intramolecular Hbond substituents is 1. The van der Waals surface area contributed by atoms with Gasteiger partial charge in [-0.2, -0.15) is 0 Å². The standard InChI is InChI=1S/C26H41N3O8/c1-8-36-19(31)12-13-27-23(33)21(18-11-9-10-17(4)22(18)32)29(14-15-30)24(34)20(16(2)3)28-25(35)37-26(5,6)7/h9-11,16,20-21,30,32H,8,12-15H2,1-7H3,(H,27,33)(H,28,35). The molecule has 11 heteroatoms. The molecule has 0 aliphatic heterocycles. The Kier molecular flexibility index (Phi) is 12.3. The summed E-state index contributed by atoms with van der Waals surface area (Å²) < 4.78 is 10.2. The lowest BCUT2D eigenvalue weighted by Gasteiger charge is -2.35. The first-order chi connectivity index (χ1) is 17.2. The summed E-state index contributed by atoms with van der Waals surface area (Å²) in [6.45, 7) is 11.2. The molecular weight excluding hydrogens is 482 g/mol. The zero-order valence-corrected chi connectivity index (χ0v) is 22.8. The summed E-state index contributed by atoms with van der Waals surface area (Å²) in [7, 11) is 0. The first-order valence-corrected chi connectivity index (χ1v) is 12.4. The van der Waals surface area contributed by atoms with E-state index in [2.05, 4.69) is 10.6 Å². The van der Waals surface area contributed by atoms with Crippen LogP contribution in [0.4, 0.5) is 4.79 Å². The molecule has 0 saturated carbocycles. The average molecular weight is 524 g/mol. The number of aliphatic hydroxyl groups excluding tert-OH is 1. The molecule has 0 saturated heterocycles. The quantitative estimate of drug-likeness (QED) is 0.304. The molecule has 3 amide bonds. The molecule has 4 N–H and O–H groups in total. The summed E-state index contributed by atoms with van der Waals surface area (Å²) in [5.41, 5.74) is -0.186.